The topological polar surface area (TPSA) is 86.8 Å². The Bertz CT molecular complexity index is 1300. The van der Waals surface area contributed by atoms with Crippen molar-refractivity contribution in [2.24, 2.45) is 0 Å². The molecule has 0 aromatic heterocycles. The van der Waals surface area contributed by atoms with Crippen molar-refractivity contribution in [3.8, 4) is 0 Å². The van der Waals surface area contributed by atoms with E-state index in [-0.39, 0.29) is 12.5 Å². The van der Waals surface area contributed by atoms with Crippen molar-refractivity contribution in [2.75, 3.05) is 33.9 Å². The van der Waals surface area contributed by atoms with E-state index in [0.29, 0.717) is 24.3 Å². The molecule has 3 aromatic rings. The molecule has 0 atom stereocenters. The number of sulfonamides is 1. The third kappa shape index (κ3) is 4.45. The smallest absolute Gasteiger partial charge is 0.245 e. The van der Waals surface area contributed by atoms with Gasteiger partial charge >= 0.3 is 0 Å². The average Bonchev–Trinajstić information content (AvgIpc) is 3.16. The van der Waals surface area contributed by atoms with Crippen LogP contribution in [0, 0.1) is 6.92 Å². The minimum atomic E-state index is -3.70. The van der Waals surface area contributed by atoms with Crippen LogP contribution in [-0.2, 0) is 19.6 Å². The van der Waals surface area contributed by atoms with Crippen LogP contribution < -0.4 is 14.5 Å². The van der Waals surface area contributed by atoms with Gasteiger partial charge in [0.2, 0.25) is 21.8 Å². The molecule has 0 radical (unpaired) electrons. The third-order valence-corrected chi connectivity index (χ3v) is 6.69. The second-order valence-corrected chi connectivity index (χ2v) is 9.87. The molecular weight excluding hydrogens is 426 g/mol. The maximum absolute atomic E-state index is 12.8. The fourth-order valence-electron chi connectivity index (χ4n) is 4.08. The van der Waals surface area contributed by atoms with Crippen molar-refractivity contribution < 1.29 is 18.0 Å². The molecule has 1 saturated heterocycles. The predicted molar refractivity (Wildman–Crippen MR) is 128 cm³/mol. The van der Waals surface area contributed by atoms with Gasteiger partial charge in [-0.3, -0.25) is 13.9 Å². The van der Waals surface area contributed by atoms with Crippen molar-refractivity contribution in [3.63, 3.8) is 0 Å². The van der Waals surface area contributed by atoms with E-state index in [2.05, 4.69) is 5.32 Å². The van der Waals surface area contributed by atoms with Gasteiger partial charge in [0, 0.05) is 29.7 Å². The molecule has 7 nitrogen and oxygen atoms in total. The number of fused-ring (bicyclic) bond motifs is 1. The third-order valence-electron chi connectivity index (χ3n) is 5.57. The Hall–Kier alpha value is -3.39. The van der Waals surface area contributed by atoms with Gasteiger partial charge in [-0.1, -0.05) is 36.4 Å². The van der Waals surface area contributed by atoms with Gasteiger partial charge in [0.25, 0.3) is 0 Å². The Balaban J connectivity index is 1.56. The summed E-state index contributed by atoms with van der Waals surface area (Å²) in [5.41, 5.74) is 2.71. The van der Waals surface area contributed by atoms with Crippen molar-refractivity contribution in [1.82, 2.24) is 0 Å². The molecule has 4 rings (SSSR count). The normalized spacial score (nSPS) is 14.1. The molecule has 32 heavy (non-hydrogen) atoms. The lowest BCUT2D eigenvalue weighted by Gasteiger charge is -2.24. The monoisotopic (exact) mass is 451 g/mol. The number of nitrogens with one attached hydrogen (secondary N) is 1. The Morgan fingerprint density at radius 3 is 2.53 bits per heavy atom. The van der Waals surface area contributed by atoms with Gasteiger partial charge in [-0.2, -0.15) is 0 Å². The average molecular weight is 452 g/mol. The number of nitrogens with zero attached hydrogens (tertiary/aromatic N) is 2. The number of carbonyl (C=O) groups is 2. The number of benzene rings is 3. The molecule has 0 saturated carbocycles. The SMILES string of the molecule is Cc1cc(NC(=O)CN(c2cccc3ccccc23)S(C)(=O)=O)ccc1N1CCCC1=O. The summed E-state index contributed by atoms with van der Waals surface area (Å²) >= 11 is 0. The summed E-state index contributed by atoms with van der Waals surface area (Å²) in [5.74, 6) is -0.350. The number of hydrogen-bond donors (Lipinski definition) is 1. The number of rotatable bonds is 6. The summed E-state index contributed by atoms with van der Waals surface area (Å²) in [6.07, 6.45) is 2.48. The highest BCUT2D eigenvalue weighted by Crippen LogP contribution is 2.29. The molecule has 2 amide bonds. The summed E-state index contributed by atoms with van der Waals surface area (Å²) in [4.78, 5) is 26.6. The molecule has 1 heterocycles. The number of carbonyl (C=O) groups excluding carboxylic acids is 2. The quantitative estimate of drug-likeness (QED) is 0.619. The van der Waals surface area contributed by atoms with E-state index in [4.69, 9.17) is 0 Å². The van der Waals surface area contributed by atoms with Crippen molar-refractivity contribution in [1.29, 1.82) is 0 Å². The van der Waals surface area contributed by atoms with Crippen LogP contribution in [0.2, 0.25) is 0 Å². The summed E-state index contributed by atoms with van der Waals surface area (Å²) in [5, 5.41) is 4.43. The predicted octanol–water partition coefficient (Wildman–Crippen LogP) is 3.68. The van der Waals surface area contributed by atoms with E-state index in [1.807, 2.05) is 43.3 Å². The molecule has 1 aliphatic heterocycles. The maximum atomic E-state index is 12.8. The first kappa shape index (κ1) is 21.8. The molecule has 1 fully saturated rings. The lowest BCUT2D eigenvalue weighted by Crippen LogP contribution is -2.37. The molecule has 3 aromatic carbocycles. The second kappa shape index (κ2) is 8.63. The highest BCUT2D eigenvalue weighted by molar-refractivity contribution is 7.92. The largest absolute Gasteiger partial charge is 0.325 e. The first-order valence-corrected chi connectivity index (χ1v) is 12.3. The zero-order chi connectivity index (χ0) is 22.9. The molecule has 1 N–H and O–H groups in total. The number of hydrogen-bond acceptors (Lipinski definition) is 4. The van der Waals surface area contributed by atoms with Gasteiger partial charge in [0.15, 0.2) is 0 Å². The molecule has 0 bridgehead atoms. The van der Waals surface area contributed by atoms with E-state index in [0.717, 1.165) is 39.0 Å². The minimum absolute atomic E-state index is 0.101. The van der Waals surface area contributed by atoms with Crippen molar-refractivity contribution in [3.05, 3.63) is 66.2 Å². The zero-order valence-electron chi connectivity index (χ0n) is 18.0. The van der Waals surface area contributed by atoms with Gasteiger partial charge in [-0.25, -0.2) is 8.42 Å². The highest BCUT2D eigenvalue weighted by Gasteiger charge is 2.24. The van der Waals surface area contributed by atoms with Crippen LogP contribution in [0.5, 0.6) is 0 Å². The van der Waals surface area contributed by atoms with E-state index in [1.54, 1.807) is 29.2 Å². The van der Waals surface area contributed by atoms with Gasteiger partial charge in [0.1, 0.15) is 6.54 Å². The van der Waals surface area contributed by atoms with Gasteiger partial charge < -0.3 is 10.2 Å². The fraction of sp³-hybridized carbons (Fsp3) is 0.250. The Labute approximate surface area is 187 Å². The van der Waals surface area contributed by atoms with E-state index < -0.39 is 15.9 Å². The molecule has 0 spiro atoms. The first-order chi connectivity index (χ1) is 15.2. The van der Waals surface area contributed by atoms with Gasteiger partial charge in [0.05, 0.1) is 11.9 Å². The number of amides is 2. The summed E-state index contributed by atoms with van der Waals surface area (Å²) < 4.78 is 26.2. The van der Waals surface area contributed by atoms with Crippen LogP contribution in [0.15, 0.2) is 60.7 Å². The summed E-state index contributed by atoms with van der Waals surface area (Å²) in [7, 11) is -3.70. The minimum Gasteiger partial charge on any atom is -0.325 e. The van der Waals surface area contributed by atoms with Crippen LogP contribution in [0.1, 0.15) is 18.4 Å². The van der Waals surface area contributed by atoms with Gasteiger partial charge in [-0.15, -0.1) is 0 Å². The summed E-state index contributed by atoms with van der Waals surface area (Å²) in [6, 6.07) is 18.2. The molecule has 0 aliphatic carbocycles. The molecule has 8 heteroatoms. The molecule has 0 unspecified atom stereocenters. The summed E-state index contributed by atoms with van der Waals surface area (Å²) in [6.45, 7) is 2.23. The standard InChI is InChI=1S/C24H25N3O4S/c1-17-15-19(12-13-21(17)26-14-6-11-24(26)29)25-23(28)16-27(32(2,30)31)22-10-5-8-18-7-3-4-9-20(18)22/h3-5,7-10,12-13,15H,6,11,14,16H2,1-2H3,(H,25,28). The van der Waals surface area contributed by atoms with Crippen LogP contribution in [0.3, 0.4) is 0 Å². The van der Waals surface area contributed by atoms with Crippen LogP contribution in [-0.4, -0.2) is 39.6 Å². The second-order valence-electron chi connectivity index (χ2n) is 7.97. The lowest BCUT2D eigenvalue weighted by molar-refractivity contribution is -0.117. The Morgan fingerprint density at radius 2 is 1.84 bits per heavy atom. The van der Waals surface area contributed by atoms with Crippen molar-refractivity contribution in [2.45, 2.75) is 19.8 Å². The van der Waals surface area contributed by atoms with Crippen molar-refractivity contribution >= 4 is 49.7 Å². The van der Waals surface area contributed by atoms with E-state index in [9.17, 15) is 18.0 Å². The number of aryl methyl sites for hydroxylation is 1. The molecule has 1 aliphatic rings. The van der Waals surface area contributed by atoms with Gasteiger partial charge in [-0.05, 0) is 48.6 Å². The lowest BCUT2D eigenvalue weighted by atomic mass is 10.1. The van der Waals surface area contributed by atoms with E-state index in [1.165, 1.54) is 0 Å². The highest BCUT2D eigenvalue weighted by atomic mass is 32.2. The van der Waals surface area contributed by atoms with E-state index >= 15 is 0 Å². The Morgan fingerprint density at radius 1 is 1.09 bits per heavy atom. The maximum Gasteiger partial charge on any atom is 0.245 e. The molecule has 166 valence electrons. The fourth-order valence-corrected chi connectivity index (χ4v) is 4.95. The molecular formula is C24H25N3O4S. The van der Waals surface area contributed by atoms with Crippen LogP contribution in [0.4, 0.5) is 17.1 Å². The number of anilines is 3. The van der Waals surface area contributed by atoms with Crippen LogP contribution >= 0.6 is 0 Å². The zero-order valence-corrected chi connectivity index (χ0v) is 18.9. The Kier molecular flexibility index (Phi) is 5.88. The van der Waals surface area contributed by atoms with Crippen LogP contribution in [0.25, 0.3) is 10.8 Å². The first-order valence-electron chi connectivity index (χ1n) is 10.4.